The molecule has 7 fully saturated rings. The first-order valence-electron chi connectivity index (χ1n) is 25.3. The minimum absolute atomic E-state index is 0.0493. The quantitative estimate of drug-likeness (QED) is 0.111. The molecule has 5 aliphatic carbocycles. The lowest BCUT2D eigenvalue weighted by atomic mass is 9.33. The van der Waals surface area contributed by atoms with E-state index in [2.05, 4.69) is 40.7 Å². The van der Waals surface area contributed by atoms with Gasteiger partial charge in [0, 0.05) is 43.6 Å². The molecule has 0 bridgehead atoms. The van der Waals surface area contributed by atoms with Crippen molar-refractivity contribution in [2.75, 3.05) is 20.3 Å². The van der Waals surface area contributed by atoms with Crippen LogP contribution < -0.4 is 0 Å². The fourth-order valence-corrected chi connectivity index (χ4v) is 14.9. The lowest BCUT2D eigenvalue weighted by Crippen LogP contribution is -2.68. The van der Waals surface area contributed by atoms with E-state index in [-0.39, 0.29) is 53.2 Å². The van der Waals surface area contributed by atoms with Gasteiger partial charge in [0.05, 0.1) is 24.2 Å². The third-order valence-electron chi connectivity index (χ3n) is 19.4. The number of ketones is 2. The molecule has 3 heterocycles. The summed E-state index contributed by atoms with van der Waals surface area (Å²) in [5.74, 6) is -1.71. The summed E-state index contributed by atoms with van der Waals surface area (Å²) in [5, 5.41) is 87.2. The fraction of sp³-hybridized carbons (Fsp3) is 0.882. The minimum Gasteiger partial charge on any atom is -0.463 e. The Labute approximate surface area is 414 Å². The maximum absolute atomic E-state index is 15.1. The van der Waals surface area contributed by atoms with Crippen LogP contribution in [0, 0.1) is 50.2 Å². The summed E-state index contributed by atoms with van der Waals surface area (Å²) in [6.45, 7) is 16.1. The molecule has 8 aliphatic rings. The predicted molar refractivity (Wildman–Crippen MR) is 244 cm³/mol. The highest BCUT2D eigenvalue weighted by Crippen LogP contribution is 2.75. The van der Waals surface area contributed by atoms with Crippen LogP contribution in [0.3, 0.4) is 0 Å². The number of Topliss-reactive ketones (excluding diaryl/α,β-unsaturated/α-hetero) is 2. The maximum Gasteiger partial charge on any atom is 0.315 e. The molecule has 23 atom stereocenters. The van der Waals surface area contributed by atoms with Crippen LogP contribution in [0.25, 0.3) is 0 Å². The minimum atomic E-state index is -1.96. The van der Waals surface area contributed by atoms with Crippen LogP contribution in [0.4, 0.5) is 0 Å². The molecule has 20 heteroatoms. The number of methoxy groups -OCH3 is 1. The van der Waals surface area contributed by atoms with Gasteiger partial charge in [0.1, 0.15) is 85.3 Å². The number of rotatable bonds is 10. The van der Waals surface area contributed by atoms with Gasteiger partial charge in [-0.3, -0.25) is 19.2 Å². The van der Waals surface area contributed by atoms with E-state index in [1.54, 1.807) is 7.11 Å². The molecule has 0 unspecified atom stereocenters. The zero-order valence-electron chi connectivity index (χ0n) is 42.6. The van der Waals surface area contributed by atoms with Crippen LogP contribution in [-0.2, 0) is 57.1 Å². The zero-order chi connectivity index (χ0) is 52.3. The van der Waals surface area contributed by atoms with Crippen LogP contribution in [0.2, 0.25) is 0 Å². The number of allylic oxidation sites excluding steroid dienone is 1. The van der Waals surface area contributed by atoms with Crippen LogP contribution in [0.5, 0.6) is 0 Å². The molecule has 0 aromatic carbocycles. The Morgan fingerprint density at radius 1 is 0.718 bits per heavy atom. The van der Waals surface area contributed by atoms with Crippen molar-refractivity contribution in [3.63, 3.8) is 0 Å². The fourth-order valence-electron chi connectivity index (χ4n) is 14.9. The summed E-state index contributed by atoms with van der Waals surface area (Å²) in [7, 11) is 1.70. The average Bonchev–Trinajstić information content (AvgIpc) is 3.30. The third kappa shape index (κ3) is 8.78. The first-order valence-corrected chi connectivity index (χ1v) is 25.3. The molecule has 71 heavy (non-hydrogen) atoms. The molecule has 0 radical (unpaired) electrons. The van der Waals surface area contributed by atoms with Crippen molar-refractivity contribution in [2.24, 2.45) is 50.2 Å². The summed E-state index contributed by atoms with van der Waals surface area (Å²) in [5.41, 5.74) is -2.68. The van der Waals surface area contributed by atoms with Crippen molar-refractivity contribution in [1.82, 2.24) is 0 Å². The number of carbonyl (C=O) groups is 4. The second kappa shape index (κ2) is 19.2. The molecular weight excluding hydrogens is 933 g/mol. The van der Waals surface area contributed by atoms with Crippen LogP contribution in [0.15, 0.2) is 11.6 Å². The van der Waals surface area contributed by atoms with Gasteiger partial charge in [-0.05, 0) is 73.5 Å². The van der Waals surface area contributed by atoms with E-state index in [1.165, 1.54) is 6.92 Å². The highest BCUT2D eigenvalue weighted by Gasteiger charge is 2.72. The summed E-state index contributed by atoms with van der Waals surface area (Å²) >= 11 is 0. The van der Waals surface area contributed by atoms with Gasteiger partial charge >= 0.3 is 11.9 Å². The first kappa shape index (κ1) is 54.7. The average molecular weight is 1010 g/mol. The summed E-state index contributed by atoms with van der Waals surface area (Å²) in [6, 6.07) is 0. The molecule has 20 nitrogen and oxygen atoms in total. The monoisotopic (exact) mass is 1010 g/mol. The van der Waals surface area contributed by atoms with Crippen molar-refractivity contribution in [3.8, 4) is 0 Å². The maximum atomic E-state index is 15.1. The topological polar surface area (TPSA) is 304 Å². The van der Waals surface area contributed by atoms with Gasteiger partial charge in [-0.15, -0.1) is 0 Å². The summed E-state index contributed by atoms with van der Waals surface area (Å²) in [4.78, 5) is 54.5. The molecule has 0 amide bonds. The Balaban J connectivity index is 1.02. The van der Waals surface area contributed by atoms with E-state index in [1.807, 2.05) is 13.8 Å². The molecule has 8 N–H and O–H groups in total. The van der Waals surface area contributed by atoms with E-state index < -0.39 is 145 Å². The molecule has 3 saturated heterocycles. The number of carbonyl (C=O) groups excluding carboxylic acids is 4. The Bertz CT molecular complexity index is 2080. The first-order chi connectivity index (χ1) is 33.0. The van der Waals surface area contributed by atoms with E-state index in [0.29, 0.717) is 19.3 Å². The van der Waals surface area contributed by atoms with Gasteiger partial charge in [0.25, 0.3) is 0 Å². The van der Waals surface area contributed by atoms with E-state index in [9.17, 15) is 55.2 Å². The van der Waals surface area contributed by atoms with Gasteiger partial charge in [0.2, 0.25) is 6.29 Å². The Kier molecular flexibility index (Phi) is 14.8. The van der Waals surface area contributed by atoms with Crippen molar-refractivity contribution >= 4 is 23.5 Å². The summed E-state index contributed by atoms with van der Waals surface area (Å²) in [6.07, 6.45) is -19.6. The van der Waals surface area contributed by atoms with E-state index in [0.717, 1.165) is 31.8 Å². The van der Waals surface area contributed by atoms with Gasteiger partial charge in [-0.25, -0.2) is 0 Å². The summed E-state index contributed by atoms with van der Waals surface area (Å²) < 4.78 is 46.6. The Morgan fingerprint density at radius 2 is 1.35 bits per heavy atom. The number of fused-ring (bicyclic) bond motifs is 7. The largest absolute Gasteiger partial charge is 0.463 e. The van der Waals surface area contributed by atoms with Crippen LogP contribution in [0.1, 0.15) is 114 Å². The van der Waals surface area contributed by atoms with Crippen molar-refractivity contribution < 1.29 is 97.9 Å². The zero-order valence-corrected chi connectivity index (χ0v) is 42.6. The molecular formula is C51H78O20. The highest BCUT2D eigenvalue weighted by molar-refractivity contribution is 5.93. The lowest BCUT2D eigenvalue weighted by molar-refractivity contribution is -0.361. The normalized spacial score (nSPS) is 50.3. The predicted octanol–water partition coefficient (Wildman–Crippen LogP) is 0.751. The second-order valence-electron chi connectivity index (χ2n) is 24.1. The van der Waals surface area contributed by atoms with E-state index >= 15 is 4.79 Å². The number of aliphatic hydroxyl groups is 8. The Hall–Kier alpha value is -2.54. The molecule has 3 aliphatic heterocycles. The second-order valence-corrected chi connectivity index (χ2v) is 24.1. The molecule has 0 aromatic heterocycles. The molecule has 8 rings (SSSR count). The van der Waals surface area contributed by atoms with Gasteiger partial charge < -0.3 is 78.7 Å². The number of hydrogen-bond acceptors (Lipinski definition) is 20. The number of aliphatic hydroxyl groups excluding tert-OH is 8. The number of hydrogen-bond donors (Lipinski definition) is 8. The van der Waals surface area contributed by atoms with Crippen molar-refractivity contribution in [3.05, 3.63) is 11.6 Å². The SMILES string of the molecule is CO[C@@H]1C=C2[C@@H]3CC(C)(C)C(=O)C[C@]3(C(=O)O[C@@H]3O[C@H](CO[C@@H]4O[C@H](COC(C)=O)[C@@H](O[C@@H]5O[C@@H](C)[C@H](O)[C@@H](O)[C@H]5O)[C@H](O)[C@H]4O)[C@@H](O)[C@H](O)[C@H]3O)CC[C@@]2(C)[C@]2(C)CC[C@H]3C(C)(C)C(=O)CC[C@]3(C)[C@@H]12. The van der Waals surface area contributed by atoms with Gasteiger partial charge in [-0.2, -0.15) is 0 Å². The van der Waals surface area contributed by atoms with Gasteiger partial charge in [0.15, 0.2) is 12.6 Å². The molecule has 402 valence electrons. The number of ether oxygens (including phenoxy) is 8. The van der Waals surface area contributed by atoms with Crippen LogP contribution >= 0.6 is 0 Å². The van der Waals surface area contributed by atoms with Gasteiger partial charge in [-0.1, -0.05) is 60.1 Å². The number of esters is 2. The van der Waals surface area contributed by atoms with E-state index in [4.69, 9.17) is 37.9 Å². The molecule has 0 spiro atoms. The molecule has 0 aromatic rings. The van der Waals surface area contributed by atoms with Crippen molar-refractivity contribution in [1.29, 1.82) is 0 Å². The Morgan fingerprint density at radius 3 is 2.01 bits per heavy atom. The van der Waals surface area contributed by atoms with Crippen LogP contribution in [-0.4, -0.2) is 183 Å². The smallest absolute Gasteiger partial charge is 0.315 e. The standard InChI is InChI=1S/C51H78O20/c1-22-32(55)34(57)37(60)43(67-22)70-40-28(21-65-23(2)52)69-42(39(62)36(40)59)66-20-27-33(56)35(58)38(61)44(68-27)71-45(63)51-16-15-49(8)24(25(51)18-46(3,4)31(54)19-51)17-26(64-10)41-48(7)13-12-30(53)47(5,6)29(48)11-14-50(41,49)9/h17,22,25-29,32-44,55-62H,11-16,18-21H2,1-10H3/t22-,25-,26+,27+,28+,29-,32-,33+,34+,35-,36+,37+,38+,39+,40+,41+,42+,43-,44-,48-,49+,50+,51+/m0/s1. The van der Waals surface area contributed by atoms with Crippen molar-refractivity contribution in [2.45, 2.75) is 212 Å². The lowest BCUT2D eigenvalue weighted by Gasteiger charge is -2.71. The third-order valence-corrected chi connectivity index (χ3v) is 19.4. The molecule has 4 saturated carbocycles. The highest BCUT2D eigenvalue weighted by atomic mass is 16.8.